The van der Waals surface area contributed by atoms with Gasteiger partial charge in [-0.2, -0.15) is 4.98 Å². The average molecular weight is 447 g/mol. The van der Waals surface area contributed by atoms with E-state index in [0.29, 0.717) is 22.1 Å². The van der Waals surface area contributed by atoms with Crippen LogP contribution in [-0.4, -0.2) is 22.0 Å². The molecule has 2 amide bonds. The summed E-state index contributed by atoms with van der Waals surface area (Å²) >= 11 is 3.16. The van der Waals surface area contributed by atoms with Crippen LogP contribution in [0.4, 0.5) is 5.69 Å². The van der Waals surface area contributed by atoms with E-state index in [0.717, 1.165) is 5.56 Å². The molecule has 0 aliphatic carbocycles. The Morgan fingerprint density at radius 1 is 1.14 bits per heavy atom. The first-order valence-corrected chi connectivity index (χ1v) is 9.30. The molecule has 8 nitrogen and oxygen atoms in total. The molecule has 1 aromatic carbocycles. The molecule has 0 spiro atoms. The Bertz CT molecular complexity index is 992. The molecule has 0 saturated carbocycles. The van der Waals surface area contributed by atoms with Gasteiger partial charge in [0.15, 0.2) is 16.3 Å². The molecular formula is C19H19BrN4O4. The highest BCUT2D eigenvalue weighted by atomic mass is 79.9. The number of carbonyl (C=O) groups is 2. The second-order valence-corrected chi connectivity index (χ2v) is 7.52. The van der Waals surface area contributed by atoms with E-state index in [9.17, 15) is 9.59 Å². The molecule has 0 aliphatic heterocycles. The summed E-state index contributed by atoms with van der Waals surface area (Å²) in [5.74, 6) is 0.533. The number of aryl methyl sites for hydroxylation is 1. The third kappa shape index (κ3) is 4.86. The van der Waals surface area contributed by atoms with E-state index in [1.807, 2.05) is 0 Å². The number of halogens is 1. The minimum Gasteiger partial charge on any atom is -0.444 e. The quantitative estimate of drug-likeness (QED) is 0.598. The predicted molar refractivity (Wildman–Crippen MR) is 105 cm³/mol. The van der Waals surface area contributed by atoms with Gasteiger partial charge in [-0.1, -0.05) is 17.3 Å². The number of anilines is 1. The molecule has 0 unspecified atom stereocenters. The standard InChI is InChI=1S/C19H19BrN4O4/c1-11-21-18(24-28-11)19(2,3)23-16(25)10-12-4-6-13(7-5-12)22-17(26)14-8-9-15(20)27-14/h4-9H,10H2,1-3H3,(H,22,26)(H,23,25). The molecule has 146 valence electrons. The van der Waals surface area contributed by atoms with Crippen molar-refractivity contribution in [3.63, 3.8) is 0 Å². The molecule has 0 radical (unpaired) electrons. The number of nitrogens with one attached hydrogen (secondary N) is 2. The molecular weight excluding hydrogens is 428 g/mol. The zero-order chi connectivity index (χ0) is 20.3. The topological polar surface area (TPSA) is 110 Å². The summed E-state index contributed by atoms with van der Waals surface area (Å²) in [6.45, 7) is 5.31. The second-order valence-electron chi connectivity index (χ2n) is 6.74. The van der Waals surface area contributed by atoms with Crippen LogP contribution in [0.25, 0.3) is 0 Å². The summed E-state index contributed by atoms with van der Waals surface area (Å²) in [5, 5.41) is 9.49. The number of aromatic nitrogens is 2. The largest absolute Gasteiger partial charge is 0.444 e. The molecule has 0 fully saturated rings. The lowest BCUT2D eigenvalue weighted by molar-refractivity contribution is -0.122. The normalized spacial score (nSPS) is 11.3. The highest BCUT2D eigenvalue weighted by Crippen LogP contribution is 2.18. The van der Waals surface area contributed by atoms with Gasteiger partial charge in [-0.25, -0.2) is 0 Å². The molecule has 9 heteroatoms. The molecule has 0 bridgehead atoms. The highest BCUT2D eigenvalue weighted by molar-refractivity contribution is 9.10. The Morgan fingerprint density at radius 2 is 1.86 bits per heavy atom. The smallest absolute Gasteiger partial charge is 0.291 e. The van der Waals surface area contributed by atoms with Crippen LogP contribution in [0, 0.1) is 6.92 Å². The summed E-state index contributed by atoms with van der Waals surface area (Å²) in [6.07, 6.45) is 0.180. The first kappa shape index (κ1) is 19.8. The van der Waals surface area contributed by atoms with E-state index >= 15 is 0 Å². The highest BCUT2D eigenvalue weighted by Gasteiger charge is 2.28. The Morgan fingerprint density at radius 3 is 2.43 bits per heavy atom. The van der Waals surface area contributed by atoms with Crippen molar-refractivity contribution in [2.24, 2.45) is 0 Å². The van der Waals surface area contributed by atoms with Gasteiger partial charge in [-0.3, -0.25) is 9.59 Å². The minimum absolute atomic E-state index is 0.176. The van der Waals surface area contributed by atoms with Crippen LogP contribution >= 0.6 is 15.9 Å². The number of amides is 2. The third-order valence-electron chi connectivity index (χ3n) is 3.91. The number of rotatable bonds is 6. The van der Waals surface area contributed by atoms with Crippen LogP contribution in [-0.2, 0) is 16.8 Å². The van der Waals surface area contributed by atoms with Gasteiger partial charge in [-0.05, 0) is 59.6 Å². The van der Waals surface area contributed by atoms with Crippen molar-refractivity contribution < 1.29 is 18.5 Å². The van der Waals surface area contributed by atoms with E-state index in [4.69, 9.17) is 8.94 Å². The summed E-state index contributed by atoms with van der Waals surface area (Å²) < 4.78 is 10.7. The van der Waals surface area contributed by atoms with Crippen LogP contribution < -0.4 is 10.6 Å². The maximum Gasteiger partial charge on any atom is 0.291 e. The van der Waals surface area contributed by atoms with Gasteiger partial charge in [0.05, 0.1) is 12.0 Å². The number of nitrogens with zero attached hydrogens (tertiary/aromatic N) is 2. The van der Waals surface area contributed by atoms with Crippen LogP contribution in [0.5, 0.6) is 0 Å². The van der Waals surface area contributed by atoms with Crippen molar-refractivity contribution in [1.29, 1.82) is 0 Å². The van der Waals surface area contributed by atoms with Crippen molar-refractivity contribution in [2.75, 3.05) is 5.32 Å². The molecule has 3 rings (SSSR count). The van der Waals surface area contributed by atoms with Crippen molar-refractivity contribution >= 4 is 33.4 Å². The Balaban J connectivity index is 1.57. The maximum atomic E-state index is 12.4. The number of benzene rings is 1. The maximum absolute atomic E-state index is 12.4. The summed E-state index contributed by atoms with van der Waals surface area (Å²) in [6, 6.07) is 10.2. The molecule has 0 atom stereocenters. The van der Waals surface area contributed by atoms with E-state index in [-0.39, 0.29) is 24.0 Å². The van der Waals surface area contributed by atoms with E-state index in [1.54, 1.807) is 57.2 Å². The van der Waals surface area contributed by atoms with Gasteiger partial charge < -0.3 is 19.6 Å². The zero-order valence-corrected chi connectivity index (χ0v) is 17.2. The Kier molecular flexibility index (Phi) is 5.64. The molecule has 0 aliphatic rings. The SMILES string of the molecule is Cc1nc(C(C)(C)NC(=O)Cc2ccc(NC(=O)c3ccc(Br)o3)cc2)no1. The Hall–Kier alpha value is -2.94. The van der Waals surface area contributed by atoms with Crippen molar-refractivity contribution in [1.82, 2.24) is 15.5 Å². The number of carbonyl (C=O) groups excluding carboxylic acids is 2. The fourth-order valence-corrected chi connectivity index (χ4v) is 2.83. The first-order valence-electron chi connectivity index (χ1n) is 8.50. The van der Waals surface area contributed by atoms with E-state index in [2.05, 4.69) is 36.7 Å². The zero-order valence-electron chi connectivity index (χ0n) is 15.6. The fraction of sp³-hybridized carbons (Fsp3) is 0.263. The molecule has 0 saturated heterocycles. The number of hydrogen-bond donors (Lipinski definition) is 2. The van der Waals surface area contributed by atoms with Crippen molar-refractivity contribution in [2.45, 2.75) is 32.7 Å². The lowest BCUT2D eigenvalue weighted by Gasteiger charge is -2.22. The Labute approximate surface area is 169 Å². The van der Waals surface area contributed by atoms with Gasteiger partial charge >= 0.3 is 0 Å². The van der Waals surface area contributed by atoms with Gasteiger partial charge in [0.1, 0.15) is 0 Å². The molecule has 2 heterocycles. The van der Waals surface area contributed by atoms with Crippen molar-refractivity contribution in [3.05, 3.63) is 64.1 Å². The third-order valence-corrected chi connectivity index (χ3v) is 4.34. The predicted octanol–water partition coefficient (Wildman–Crippen LogP) is 3.58. The average Bonchev–Trinajstić information content (AvgIpc) is 3.25. The van der Waals surface area contributed by atoms with Crippen LogP contribution in [0.2, 0.25) is 0 Å². The second kappa shape index (κ2) is 7.97. The van der Waals surface area contributed by atoms with Crippen LogP contribution in [0.3, 0.4) is 0 Å². The van der Waals surface area contributed by atoms with Crippen molar-refractivity contribution in [3.8, 4) is 0 Å². The summed E-state index contributed by atoms with van der Waals surface area (Å²) in [7, 11) is 0. The molecule has 28 heavy (non-hydrogen) atoms. The van der Waals surface area contributed by atoms with E-state index < -0.39 is 5.54 Å². The van der Waals surface area contributed by atoms with Crippen LogP contribution in [0.1, 0.15) is 41.7 Å². The molecule has 2 aromatic heterocycles. The van der Waals surface area contributed by atoms with Gasteiger partial charge in [0.25, 0.3) is 5.91 Å². The summed E-state index contributed by atoms with van der Waals surface area (Å²) in [5.41, 5.74) is 0.653. The molecule has 3 aromatic rings. The number of hydrogen-bond acceptors (Lipinski definition) is 6. The monoisotopic (exact) mass is 446 g/mol. The summed E-state index contributed by atoms with van der Waals surface area (Å²) in [4.78, 5) is 28.6. The van der Waals surface area contributed by atoms with Crippen LogP contribution in [0.15, 0.2) is 50.0 Å². The number of furan rings is 1. The van der Waals surface area contributed by atoms with Gasteiger partial charge in [-0.15, -0.1) is 0 Å². The van der Waals surface area contributed by atoms with E-state index in [1.165, 1.54) is 0 Å². The first-order chi connectivity index (χ1) is 13.2. The van der Waals surface area contributed by atoms with Gasteiger partial charge in [0.2, 0.25) is 11.8 Å². The lowest BCUT2D eigenvalue weighted by atomic mass is 10.0. The lowest BCUT2D eigenvalue weighted by Crippen LogP contribution is -2.42. The molecule has 2 N–H and O–H groups in total. The minimum atomic E-state index is -0.750. The van der Waals surface area contributed by atoms with Gasteiger partial charge in [0, 0.05) is 12.6 Å². The fourth-order valence-electron chi connectivity index (χ4n) is 2.52.